The van der Waals surface area contributed by atoms with Crippen LogP contribution in [0.2, 0.25) is 0 Å². The zero-order chi connectivity index (χ0) is 13.1. The minimum Gasteiger partial charge on any atom is -0.493 e. The highest BCUT2D eigenvalue weighted by Crippen LogP contribution is 2.24. The Morgan fingerprint density at radius 2 is 2.16 bits per heavy atom. The van der Waals surface area contributed by atoms with E-state index in [1.807, 2.05) is 6.07 Å². The smallest absolute Gasteiger partial charge is 0.136 e. The van der Waals surface area contributed by atoms with Gasteiger partial charge in [-0.3, -0.25) is 4.98 Å². The molecule has 1 N–H and O–H groups in total. The number of rotatable bonds is 3. The number of hydrogen-bond acceptors (Lipinski definition) is 3. The zero-order valence-electron chi connectivity index (χ0n) is 10.7. The maximum atomic E-state index is 13.9. The van der Waals surface area contributed by atoms with Crippen LogP contribution in [0.1, 0.15) is 12.8 Å². The highest BCUT2D eigenvalue weighted by Gasteiger charge is 2.14. The van der Waals surface area contributed by atoms with E-state index in [-0.39, 0.29) is 5.82 Å². The number of pyridine rings is 1. The molecule has 3 rings (SSSR count). The fourth-order valence-electron chi connectivity index (χ4n) is 2.47. The maximum absolute atomic E-state index is 13.9. The van der Waals surface area contributed by atoms with Crippen LogP contribution in [0.3, 0.4) is 0 Å². The van der Waals surface area contributed by atoms with Gasteiger partial charge in [0.25, 0.3) is 0 Å². The monoisotopic (exact) mass is 260 g/mol. The highest BCUT2D eigenvalue weighted by molar-refractivity contribution is 5.83. The van der Waals surface area contributed by atoms with Crippen LogP contribution in [0.4, 0.5) is 4.39 Å². The first-order valence-corrected chi connectivity index (χ1v) is 6.70. The summed E-state index contributed by atoms with van der Waals surface area (Å²) < 4.78 is 19.6. The van der Waals surface area contributed by atoms with Gasteiger partial charge in [-0.2, -0.15) is 0 Å². The third-order valence-electron chi connectivity index (χ3n) is 3.62. The lowest BCUT2D eigenvalue weighted by molar-refractivity contribution is 0.215. The van der Waals surface area contributed by atoms with Gasteiger partial charge in [0.15, 0.2) is 0 Å². The lowest BCUT2D eigenvalue weighted by Crippen LogP contribution is -2.30. The Bertz CT molecular complexity index is 567. The van der Waals surface area contributed by atoms with Crippen LogP contribution in [-0.4, -0.2) is 24.7 Å². The molecule has 100 valence electrons. The van der Waals surface area contributed by atoms with Gasteiger partial charge < -0.3 is 10.1 Å². The fraction of sp³-hybridized carbons (Fsp3) is 0.400. The first kappa shape index (κ1) is 12.4. The second kappa shape index (κ2) is 5.53. The summed E-state index contributed by atoms with van der Waals surface area (Å²) in [5.74, 6) is 0.901. The predicted octanol–water partition coefficient (Wildman–Crippen LogP) is 2.75. The molecule has 0 radical (unpaired) electrons. The van der Waals surface area contributed by atoms with E-state index in [0.29, 0.717) is 23.7 Å². The number of nitrogens with one attached hydrogen (secondary N) is 1. The molecule has 0 amide bonds. The Balaban J connectivity index is 1.73. The molecule has 0 aliphatic carbocycles. The minimum absolute atomic E-state index is 0.272. The second-order valence-corrected chi connectivity index (χ2v) is 5.01. The second-order valence-electron chi connectivity index (χ2n) is 5.01. The van der Waals surface area contributed by atoms with Crippen molar-refractivity contribution in [2.75, 3.05) is 19.7 Å². The van der Waals surface area contributed by atoms with Gasteiger partial charge in [0.1, 0.15) is 11.6 Å². The van der Waals surface area contributed by atoms with Crippen molar-refractivity contribution in [3.05, 3.63) is 36.4 Å². The molecule has 1 aromatic carbocycles. The molecule has 1 aromatic heterocycles. The Labute approximate surface area is 111 Å². The van der Waals surface area contributed by atoms with Crippen LogP contribution in [-0.2, 0) is 0 Å². The molecule has 2 heterocycles. The summed E-state index contributed by atoms with van der Waals surface area (Å²) >= 11 is 0. The van der Waals surface area contributed by atoms with Gasteiger partial charge in [-0.25, -0.2) is 4.39 Å². The fourth-order valence-corrected chi connectivity index (χ4v) is 2.47. The molecular weight excluding hydrogens is 243 g/mol. The number of nitrogens with zero attached hydrogens (tertiary/aromatic N) is 1. The SMILES string of the molecule is Fc1cc(OCC2CCNCC2)cc2ccncc12. The van der Waals surface area contributed by atoms with Gasteiger partial charge in [-0.05, 0) is 49.4 Å². The number of aromatic nitrogens is 1. The quantitative estimate of drug-likeness (QED) is 0.921. The zero-order valence-corrected chi connectivity index (χ0v) is 10.7. The third-order valence-corrected chi connectivity index (χ3v) is 3.62. The Kier molecular flexibility index (Phi) is 3.60. The first-order chi connectivity index (χ1) is 9.33. The van der Waals surface area contributed by atoms with Crippen molar-refractivity contribution in [1.82, 2.24) is 10.3 Å². The van der Waals surface area contributed by atoms with Crippen molar-refractivity contribution in [3.8, 4) is 5.75 Å². The topological polar surface area (TPSA) is 34.1 Å². The van der Waals surface area contributed by atoms with E-state index >= 15 is 0 Å². The maximum Gasteiger partial charge on any atom is 0.136 e. The first-order valence-electron chi connectivity index (χ1n) is 6.70. The molecule has 0 unspecified atom stereocenters. The van der Waals surface area contributed by atoms with Crippen molar-refractivity contribution >= 4 is 10.8 Å². The number of halogens is 1. The predicted molar refractivity (Wildman–Crippen MR) is 72.8 cm³/mol. The highest BCUT2D eigenvalue weighted by atomic mass is 19.1. The number of ether oxygens (including phenoxy) is 1. The molecule has 0 bridgehead atoms. The molecule has 0 spiro atoms. The van der Waals surface area contributed by atoms with Crippen LogP contribution < -0.4 is 10.1 Å². The number of fused-ring (bicyclic) bond motifs is 1. The summed E-state index contributed by atoms with van der Waals surface area (Å²) in [6.07, 6.45) is 5.46. The molecule has 0 atom stereocenters. The summed E-state index contributed by atoms with van der Waals surface area (Å²) in [5, 5.41) is 4.69. The molecule has 0 saturated carbocycles. The summed E-state index contributed by atoms with van der Waals surface area (Å²) in [7, 11) is 0. The van der Waals surface area contributed by atoms with Crippen LogP contribution in [0, 0.1) is 11.7 Å². The van der Waals surface area contributed by atoms with Crippen molar-refractivity contribution in [1.29, 1.82) is 0 Å². The van der Waals surface area contributed by atoms with Crippen LogP contribution >= 0.6 is 0 Å². The average Bonchev–Trinajstić information content (AvgIpc) is 2.46. The molecule has 4 heteroatoms. The van der Waals surface area contributed by atoms with Crippen molar-refractivity contribution < 1.29 is 9.13 Å². The van der Waals surface area contributed by atoms with Gasteiger partial charge in [-0.15, -0.1) is 0 Å². The van der Waals surface area contributed by atoms with Gasteiger partial charge in [0.2, 0.25) is 0 Å². The summed E-state index contributed by atoms with van der Waals surface area (Å²) in [6.45, 7) is 2.76. The molecule has 1 fully saturated rings. The van der Waals surface area contributed by atoms with E-state index < -0.39 is 0 Å². The van der Waals surface area contributed by atoms with E-state index in [9.17, 15) is 4.39 Å². The molecule has 19 heavy (non-hydrogen) atoms. The third kappa shape index (κ3) is 2.84. The number of hydrogen-bond donors (Lipinski definition) is 1. The van der Waals surface area contributed by atoms with Crippen molar-refractivity contribution in [3.63, 3.8) is 0 Å². The van der Waals surface area contributed by atoms with E-state index in [2.05, 4.69) is 10.3 Å². The largest absolute Gasteiger partial charge is 0.493 e. The molecule has 1 aliphatic rings. The van der Waals surface area contributed by atoms with Crippen molar-refractivity contribution in [2.24, 2.45) is 5.92 Å². The molecule has 2 aromatic rings. The molecule has 3 nitrogen and oxygen atoms in total. The van der Waals surface area contributed by atoms with E-state index in [0.717, 1.165) is 31.3 Å². The Hall–Kier alpha value is -1.68. The minimum atomic E-state index is -0.272. The van der Waals surface area contributed by atoms with Crippen LogP contribution in [0.25, 0.3) is 10.8 Å². The van der Waals surface area contributed by atoms with Gasteiger partial charge in [-0.1, -0.05) is 0 Å². The standard InChI is InChI=1S/C15H17FN2O/c16-15-8-13(7-12-3-6-18-9-14(12)15)19-10-11-1-4-17-5-2-11/h3,6-9,11,17H,1-2,4-5,10H2. The summed E-state index contributed by atoms with van der Waals surface area (Å²) in [5.41, 5.74) is 0. The number of piperidine rings is 1. The Morgan fingerprint density at radius 1 is 1.32 bits per heavy atom. The lowest BCUT2D eigenvalue weighted by Gasteiger charge is -2.22. The van der Waals surface area contributed by atoms with Gasteiger partial charge in [0, 0.05) is 23.8 Å². The average molecular weight is 260 g/mol. The summed E-state index contributed by atoms with van der Waals surface area (Å²) in [6, 6.07) is 5.13. The van der Waals surface area contributed by atoms with Gasteiger partial charge in [0.05, 0.1) is 6.61 Å². The normalized spacial score (nSPS) is 16.7. The molecular formula is C15H17FN2O. The van der Waals surface area contributed by atoms with Crippen LogP contribution in [0.15, 0.2) is 30.6 Å². The number of benzene rings is 1. The van der Waals surface area contributed by atoms with Crippen LogP contribution in [0.5, 0.6) is 5.75 Å². The van der Waals surface area contributed by atoms with E-state index in [1.54, 1.807) is 18.5 Å². The lowest BCUT2D eigenvalue weighted by atomic mass is 9.99. The Morgan fingerprint density at radius 3 is 3.00 bits per heavy atom. The van der Waals surface area contributed by atoms with E-state index in [4.69, 9.17) is 4.74 Å². The van der Waals surface area contributed by atoms with Gasteiger partial charge >= 0.3 is 0 Å². The van der Waals surface area contributed by atoms with Crippen molar-refractivity contribution in [2.45, 2.75) is 12.8 Å². The molecule has 1 saturated heterocycles. The van der Waals surface area contributed by atoms with E-state index in [1.165, 1.54) is 6.07 Å². The summed E-state index contributed by atoms with van der Waals surface area (Å²) in [4.78, 5) is 3.94. The molecule has 1 aliphatic heterocycles.